The van der Waals surface area contributed by atoms with E-state index in [-0.39, 0.29) is 107 Å². The lowest BCUT2D eigenvalue weighted by Crippen LogP contribution is -3.00. The first-order valence-electron chi connectivity index (χ1n) is 22.2. The van der Waals surface area contributed by atoms with Crippen molar-refractivity contribution in [3.63, 3.8) is 0 Å². The average Bonchev–Trinajstić information content (AvgIpc) is 3.70. The maximum Gasteiger partial charge on any atom is 0.410 e. The summed E-state index contributed by atoms with van der Waals surface area (Å²) < 4.78 is 42.6. The second-order valence-electron chi connectivity index (χ2n) is 17.3. The van der Waals surface area contributed by atoms with Gasteiger partial charge in [0, 0.05) is 62.7 Å². The number of carbonyl (C=O) groups excluding carboxylic acids is 7. The number of fused-ring (bicyclic) bond motifs is 2. The van der Waals surface area contributed by atoms with Gasteiger partial charge in [-0.2, -0.15) is 0 Å². The Morgan fingerprint density at radius 3 is 1.74 bits per heavy atom. The van der Waals surface area contributed by atoms with E-state index in [2.05, 4.69) is 29.1 Å². The maximum absolute atomic E-state index is 14.0. The molecule has 0 aromatic heterocycles. The van der Waals surface area contributed by atoms with Crippen LogP contribution in [-0.2, 0) is 69.2 Å². The topological polar surface area (TPSA) is 218 Å². The number of nitrogens with zero attached hydrogens (tertiary/aromatic N) is 3. The van der Waals surface area contributed by atoms with Crippen LogP contribution < -0.4 is 28.4 Å². The number of rotatable bonds is 11. The number of nitrogens with one attached hydrogen (secondary N) is 2. The first-order chi connectivity index (χ1) is 31.4. The molecule has 8 rings (SSSR count). The molecule has 2 aromatic carbocycles. The number of nitrogens with two attached hydrogens (primary N) is 1. The van der Waals surface area contributed by atoms with Crippen LogP contribution in [-0.4, -0.2) is 123 Å². The Labute approximate surface area is 401 Å². The van der Waals surface area contributed by atoms with E-state index in [9.17, 15) is 47.4 Å². The van der Waals surface area contributed by atoms with Crippen LogP contribution in [0, 0.1) is 23.5 Å². The van der Waals surface area contributed by atoms with Gasteiger partial charge in [-0.15, -0.1) is 13.2 Å². The van der Waals surface area contributed by atoms with Crippen molar-refractivity contribution < 1.29 is 79.4 Å². The van der Waals surface area contributed by atoms with Gasteiger partial charge in [-0.05, 0) is 44.4 Å². The Morgan fingerprint density at radius 1 is 0.765 bits per heavy atom. The minimum absolute atomic E-state index is 0. The summed E-state index contributed by atoms with van der Waals surface area (Å²) in [5.74, 6) is -3.46. The van der Waals surface area contributed by atoms with Crippen LogP contribution in [0.25, 0.3) is 0 Å². The number of aliphatic hydroxyl groups excluding tert-OH is 1. The van der Waals surface area contributed by atoms with Crippen LogP contribution in [0.5, 0.6) is 0 Å². The zero-order valence-electron chi connectivity index (χ0n) is 38.1. The summed E-state index contributed by atoms with van der Waals surface area (Å²) in [6, 6.07) is 8.32. The fraction of sp³-hybridized carbons (Fsp3) is 0.521. The van der Waals surface area contributed by atoms with Gasteiger partial charge in [0.1, 0.15) is 54.0 Å². The van der Waals surface area contributed by atoms with E-state index in [1.165, 1.54) is 40.7 Å². The number of hydrogen-bond donors (Lipinski definition) is 4. The Hall–Kier alpha value is -5.92. The van der Waals surface area contributed by atoms with Gasteiger partial charge in [0.25, 0.3) is 0 Å². The summed E-state index contributed by atoms with van der Waals surface area (Å²) >= 11 is 0. The van der Waals surface area contributed by atoms with Gasteiger partial charge in [0.2, 0.25) is 23.6 Å². The van der Waals surface area contributed by atoms with Crippen molar-refractivity contribution in [2.24, 2.45) is 11.8 Å². The largest absolute Gasteiger partial charge is 1.00 e. The number of carbonyl (C=O) groups is 7. The smallest absolute Gasteiger partial charge is 0.410 e. The highest BCUT2D eigenvalue weighted by atomic mass is 35.5. The molecule has 8 atom stereocenters. The van der Waals surface area contributed by atoms with Crippen LogP contribution in [0.15, 0.2) is 61.7 Å². The number of hydrogen-bond acceptors (Lipinski definition) is 11. The number of quaternary nitrogens is 1. The van der Waals surface area contributed by atoms with E-state index in [1.807, 2.05) is 6.07 Å². The number of amides is 5. The van der Waals surface area contributed by atoms with Crippen LogP contribution in [0.3, 0.4) is 0 Å². The molecule has 2 aliphatic carbocycles. The van der Waals surface area contributed by atoms with E-state index in [1.54, 1.807) is 44.2 Å². The molecule has 5 N–H and O–H groups in total. The van der Waals surface area contributed by atoms with Crippen LogP contribution in [0.1, 0.15) is 83.1 Å². The predicted molar refractivity (Wildman–Crippen MR) is 238 cm³/mol. The number of likely N-dealkylation sites (tertiary alicyclic amines) is 2. The molecule has 0 bridgehead atoms. The van der Waals surface area contributed by atoms with Crippen molar-refractivity contribution in [2.45, 2.75) is 122 Å². The Morgan fingerprint density at radius 2 is 1.26 bits per heavy atom. The molecule has 2 saturated heterocycles. The molecule has 17 nitrogen and oxygen atoms in total. The van der Waals surface area contributed by atoms with Crippen LogP contribution >= 0.6 is 0 Å². The zero-order chi connectivity index (χ0) is 48.1. The molecule has 2 saturated carbocycles. The van der Waals surface area contributed by atoms with Gasteiger partial charge in [-0.3, -0.25) is 24.1 Å². The monoisotopic (exact) mass is 972 g/mol. The number of benzene rings is 2. The second kappa shape index (κ2) is 22.9. The molecule has 0 unspecified atom stereocenters. The van der Waals surface area contributed by atoms with E-state index in [4.69, 9.17) is 14.2 Å². The van der Waals surface area contributed by atoms with Crippen molar-refractivity contribution in [1.29, 1.82) is 0 Å². The van der Waals surface area contributed by atoms with E-state index >= 15 is 0 Å². The maximum atomic E-state index is 14.0. The SMILES string of the molecule is C.C=C[C@@H]1C[C@]1(NC(=O)[C@@H]1C[C@@H](O)CN1C(C)=O)C(=O)OCC.C=C[C@@H]1C[C@]1(NC(=O)[C@@H]1C[C@@H](OC(=O)N2Cc3cccc(F)c3C2)CN1C(C)=O)C(=O)OCC.Fc1cccc2c1C[NH2+]C2.[Cl-]. The van der Waals surface area contributed by atoms with E-state index < -0.39 is 65.2 Å². The predicted octanol–water partition coefficient (Wildman–Crippen LogP) is -0.474. The molecule has 4 heterocycles. The molecule has 68 heavy (non-hydrogen) atoms. The molecule has 2 aromatic rings. The average molecular weight is 974 g/mol. The highest BCUT2D eigenvalue weighted by Crippen LogP contribution is 2.46. The van der Waals surface area contributed by atoms with Gasteiger partial charge >= 0.3 is 18.0 Å². The van der Waals surface area contributed by atoms with Crippen LogP contribution in [0.4, 0.5) is 13.6 Å². The number of halogens is 3. The first-order valence-corrected chi connectivity index (χ1v) is 22.2. The van der Waals surface area contributed by atoms with E-state index in [0.29, 0.717) is 18.4 Å². The summed E-state index contributed by atoms with van der Waals surface area (Å²) in [5.41, 5.74) is 0.959. The summed E-state index contributed by atoms with van der Waals surface area (Å²) in [7, 11) is 0. The van der Waals surface area contributed by atoms with Gasteiger partial charge in [0.05, 0.1) is 38.0 Å². The normalized spacial score (nSPS) is 26.5. The number of esters is 2. The van der Waals surface area contributed by atoms with Crippen LogP contribution in [0.2, 0.25) is 0 Å². The van der Waals surface area contributed by atoms with Gasteiger partial charge in [-0.25, -0.2) is 23.2 Å². The molecule has 5 amide bonds. The molecular formula is C48H63ClF2N6O11. The molecule has 4 fully saturated rings. The molecule has 6 aliphatic rings. The number of aliphatic hydroxyl groups is 1. The van der Waals surface area contributed by atoms with Crippen molar-refractivity contribution in [3.05, 3.63) is 95.6 Å². The Kier molecular flexibility index (Phi) is 18.4. The quantitative estimate of drug-likeness (QED) is 0.128. The van der Waals surface area contributed by atoms with Crippen molar-refractivity contribution in [1.82, 2.24) is 25.3 Å². The fourth-order valence-corrected chi connectivity index (χ4v) is 9.14. The van der Waals surface area contributed by atoms with Gasteiger partial charge in [-0.1, -0.05) is 43.8 Å². The third kappa shape index (κ3) is 11.7. The summed E-state index contributed by atoms with van der Waals surface area (Å²) in [6.45, 7) is 16.1. The van der Waals surface area contributed by atoms with Gasteiger partial charge < -0.3 is 57.5 Å². The summed E-state index contributed by atoms with van der Waals surface area (Å²) in [4.78, 5) is 90.7. The summed E-state index contributed by atoms with van der Waals surface area (Å²) in [6.07, 6.45) is 2.20. The highest BCUT2D eigenvalue weighted by molar-refractivity contribution is 5.96. The molecular weight excluding hydrogens is 910 g/mol. The Bertz CT molecular complexity index is 2270. The van der Waals surface area contributed by atoms with Gasteiger partial charge in [0.15, 0.2) is 0 Å². The number of β-amino-alcohol motifs (C(OH)–C–C–N with tert-alkyl or cyclic N) is 1. The lowest BCUT2D eigenvalue weighted by molar-refractivity contribution is -0.676. The third-order valence-electron chi connectivity index (χ3n) is 12.9. The first kappa shape index (κ1) is 54.7. The van der Waals surface area contributed by atoms with Crippen molar-refractivity contribution >= 4 is 41.7 Å². The highest BCUT2D eigenvalue weighted by Gasteiger charge is 2.63. The standard InChI is InChI=1S/C24H28FN3O6.C15H22N2O5.C8H8FN.CH4.ClH/c1-4-16-10-24(16,22(31)33-5-2)26-21(30)20-9-17(12-28(20)14(3)29)34-23(32)27-11-15-7-6-8-19(25)18(15)13-27;1-4-10-7-15(10,14(21)22-5-2)16-13(20)12-6-11(19)8-17(12)9(3)18;9-8-3-1-2-6-4-10-5-7(6)8;;/h4,6-8,16-17,20H,1,5,9-13H2,2-3H3,(H,26,30);4,10-12,19H,1,5-8H2,2-3H3,(H,16,20);1-3,10H,4-5H2;1H4;1H/t16-,17-,20+,24-;10-,11-,12+,15-;;;/m11.../s1. The lowest BCUT2D eigenvalue weighted by atomic mass is 10.1. The molecule has 0 spiro atoms. The molecule has 20 heteroatoms. The lowest BCUT2D eigenvalue weighted by Gasteiger charge is -2.25. The summed E-state index contributed by atoms with van der Waals surface area (Å²) in [5, 5.41) is 17.3. The Balaban J connectivity index is 0.000000252. The molecule has 0 radical (unpaired) electrons. The minimum atomic E-state index is -1.18. The van der Waals surface area contributed by atoms with Crippen molar-refractivity contribution in [3.8, 4) is 0 Å². The second-order valence-corrected chi connectivity index (χ2v) is 17.3. The third-order valence-corrected chi connectivity index (χ3v) is 12.9. The zero-order valence-corrected chi connectivity index (χ0v) is 38.8. The van der Waals surface area contributed by atoms with Crippen molar-refractivity contribution in [2.75, 3.05) is 26.3 Å². The van der Waals surface area contributed by atoms with E-state index in [0.717, 1.165) is 29.8 Å². The number of ether oxygens (including phenoxy) is 3. The molecule has 372 valence electrons. The fourth-order valence-electron chi connectivity index (χ4n) is 9.14. The minimum Gasteiger partial charge on any atom is -1.00 e. The molecule has 4 aliphatic heterocycles.